The average molecular weight is 399 g/mol. The monoisotopic (exact) mass is 399 g/mol. The van der Waals surface area contributed by atoms with E-state index in [1.165, 1.54) is 11.2 Å². The Hall–Kier alpha value is -3.20. The Labute approximate surface area is 168 Å². The lowest BCUT2D eigenvalue weighted by molar-refractivity contribution is -0.149. The molecule has 9 nitrogen and oxygen atoms in total. The molecule has 1 aliphatic rings. The summed E-state index contributed by atoms with van der Waals surface area (Å²) in [5.74, 6) is -1.93. The number of benzene rings is 1. The first kappa shape index (κ1) is 20.5. The molecule has 0 saturated carbocycles. The van der Waals surface area contributed by atoms with Crippen molar-refractivity contribution in [3.05, 3.63) is 54.1 Å². The van der Waals surface area contributed by atoms with Crippen LogP contribution in [-0.4, -0.2) is 62.4 Å². The van der Waals surface area contributed by atoms with Crippen molar-refractivity contribution < 1.29 is 19.5 Å². The number of H-pyrrole nitrogens is 1. The van der Waals surface area contributed by atoms with Gasteiger partial charge in [-0.2, -0.15) is 0 Å². The molecule has 3 atom stereocenters. The van der Waals surface area contributed by atoms with E-state index < -0.39 is 35.9 Å². The minimum absolute atomic E-state index is 0.172. The highest BCUT2D eigenvalue weighted by molar-refractivity contribution is 5.92. The summed E-state index contributed by atoms with van der Waals surface area (Å²) in [6.07, 6.45) is 4.57. The summed E-state index contributed by atoms with van der Waals surface area (Å²) in [5.41, 5.74) is 7.62. The Morgan fingerprint density at radius 2 is 2.03 bits per heavy atom. The van der Waals surface area contributed by atoms with E-state index in [2.05, 4.69) is 15.3 Å². The van der Waals surface area contributed by atoms with E-state index in [1.54, 1.807) is 6.20 Å². The molecule has 9 heteroatoms. The van der Waals surface area contributed by atoms with Crippen molar-refractivity contribution in [1.82, 2.24) is 20.2 Å². The largest absolute Gasteiger partial charge is 0.480 e. The predicted octanol–water partition coefficient (Wildman–Crippen LogP) is 0.0826. The van der Waals surface area contributed by atoms with E-state index >= 15 is 0 Å². The number of hydrogen-bond donors (Lipinski definition) is 4. The number of carboxylic acids is 1. The van der Waals surface area contributed by atoms with E-state index in [9.17, 15) is 19.5 Å². The number of carbonyl (C=O) groups excluding carboxylic acids is 2. The predicted molar refractivity (Wildman–Crippen MR) is 105 cm³/mol. The molecule has 2 aromatic rings. The lowest BCUT2D eigenvalue weighted by atomic mass is 10.0. The molecule has 1 aliphatic heterocycles. The molecule has 3 rings (SSSR count). The highest BCUT2D eigenvalue weighted by Gasteiger charge is 2.38. The number of nitrogens with two attached hydrogens (primary N) is 1. The minimum atomic E-state index is -1.04. The quantitative estimate of drug-likeness (QED) is 0.495. The minimum Gasteiger partial charge on any atom is -0.480 e. The summed E-state index contributed by atoms with van der Waals surface area (Å²) in [5, 5.41) is 12.1. The fourth-order valence-corrected chi connectivity index (χ4v) is 3.54. The molecule has 2 heterocycles. The first-order valence-corrected chi connectivity index (χ1v) is 9.56. The molecule has 3 unspecified atom stereocenters. The van der Waals surface area contributed by atoms with Gasteiger partial charge in [-0.1, -0.05) is 30.3 Å². The van der Waals surface area contributed by atoms with Gasteiger partial charge in [0, 0.05) is 24.9 Å². The third kappa shape index (κ3) is 5.20. The van der Waals surface area contributed by atoms with E-state index in [-0.39, 0.29) is 6.42 Å². The summed E-state index contributed by atoms with van der Waals surface area (Å²) in [7, 11) is 0. The van der Waals surface area contributed by atoms with Gasteiger partial charge in [0.2, 0.25) is 11.8 Å². The molecule has 29 heavy (non-hydrogen) atoms. The lowest BCUT2D eigenvalue weighted by Crippen LogP contribution is -2.55. The van der Waals surface area contributed by atoms with Crippen LogP contribution in [0.4, 0.5) is 0 Å². The number of imidazole rings is 1. The molecule has 1 aromatic carbocycles. The summed E-state index contributed by atoms with van der Waals surface area (Å²) in [6, 6.07) is 6.73. The van der Waals surface area contributed by atoms with Gasteiger partial charge in [-0.25, -0.2) is 9.78 Å². The van der Waals surface area contributed by atoms with Gasteiger partial charge >= 0.3 is 5.97 Å². The first-order chi connectivity index (χ1) is 14.0. The molecule has 1 saturated heterocycles. The van der Waals surface area contributed by atoms with Crippen LogP contribution in [0, 0.1) is 0 Å². The Morgan fingerprint density at radius 3 is 2.69 bits per heavy atom. The van der Waals surface area contributed by atoms with Crippen molar-refractivity contribution in [3.63, 3.8) is 0 Å². The molecule has 1 fully saturated rings. The van der Waals surface area contributed by atoms with Gasteiger partial charge in [-0.05, 0) is 24.8 Å². The van der Waals surface area contributed by atoms with E-state index in [1.807, 2.05) is 30.3 Å². The maximum Gasteiger partial charge on any atom is 0.326 e. The fourth-order valence-electron chi connectivity index (χ4n) is 3.54. The van der Waals surface area contributed by atoms with Gasteiger partial charge in [0.05, 0.1) is 12.4 Å². The second kappa shape index (κ2) is 9.33. The number of likely N-dealkylation sites (tertiary alicyclic amines) is 1. The van der Waals surface area contributed by atoms with Crippen LogP contribution in [0.25, 0.3) is 0 Å². The SMILES string of the molecule is NC(Cc1ccccc1)C(=O)NC(Cc1cnc[nH]1)C(=O)N1CCCC1C(=O)O. The normalized spacial score (nSPS) is 18.2. The molecular formula is C20H25N5O4. The van der Waals surface area contributed by atoms with Gasteiger partial charge in [-0.3, -0.25) is 9.59 Å². The molecular weight excluding hydrogens is 374 g/mol. The molecule has 2 amide bonds. The highest BCUT2D eigenvalue weighted by atomic mass is 16.4. The van der Waals surface area contributed by atoms with Crippen LogP contribution in [-0.2, 0) is 27.2 Å². The fraction of sp³-hybridized carbons (Fsp3) is 0.400. The molecule has 0 radical (unpaired) electrons. The van der Waals surface area contributed by atoms with Crippen LogP contribution in [0.3, 0.4) is 0 Å². The number of aromatic amines is 1. The smallest absolute Gasteiger partial charge is 0.326 e. The van der Waals surface area contributed by atoms with Crippen LogP contribution < -0.4 is 11.1 Å². The number of aliphatic carboxylic acids is 1. The molecule has 154 valence electrons. The highest BCUT2D eigenvalue weighted by Crippen LogP contribution is 2.19. The zero-order valence-corrected chi connectivity index (χ0v) is 16.0. The van der Waals surface area contributed by atoms with Crippen molar-refractivity contribution in [2.24, 2.45) is 5.73 Å². The maximum absolute atomic E-state index is 13.1. The summed E-state index contributed by atoms with van der Waals surface area (Å²) in [6.45, 7) is 0.348. The number of aromatic nitrogens is 2. The number of rotatable bonds is 8. The van der Waals surface area contributed by atoms with Gasteiger partial charge in [0.25, 0.3) is 0 Å². The standard InChI is InChI=1S/C20H25N5O4/c21-15(9-13-5-2-1-3-6-13)18(26)24-16(10-14-11-22-12-23-14)19(27)25-8-4-7-17(25)20(28)29/h1-3,5-6,11-12,15-17H,4,7-10,21H2,(H,22,23)(H,24,26)(H,28,29). The first-order valence-electron chi connectivity index (χ1n) is 9.56. The summed E-state index contributed by atoms with van der Waals surface area (Å²) < 4.78 is 0. The Bertz CT molecular complexity index is 840. The van der Waals surface area contributed by atoms with Gasteiger partial charge in [0.15, 0.2) is 0 Å². The topological polar surface area (TPSA) is 141 Å². The van der Waals surface area contributed by atoms with Crippen molar-refractivity contribution in [2.45, 2.75) is 43.8 Å². The van der Waals surface area contributed by atoms with Crippen LogP contribution in [0.2, 0.25) is 0 Å². The molecule has 0 spiro atoms. The molecule has 1 aromatic heterocycles. The third-order valence-electron chi connectivity index (χ3n) is 5.05. The lowest BCUT2D eigenvalue weighted by Gasteiger charge is -2.28. The number of carboxylic acid groups (broad SMARTS) is 1. The third-order valence-corrected chi connectivity index (χ3v) is 5.05. The van der Waals surface area contributed by atoms with Gasteiger partial charge < -0.3 is 26.0 Å². The Kier molecular flexibility index (Phi) is 6.61. The van der Waals surface area contributed by atoms with Gasteiger partial charge in [-0.15, -0.1) is 0 Å². The zero-order valence-electron chi connectivity index (χ0n) is 16.0. The summed E-state index contributed by atoms with van der Waals surface area (Å²) >= 11 is 0. The van der Waals surface area contributed by atoms with Crippen molar-refractivity contribution in [3.8, 4) is 0 Å². The van der Waals surface area contributed by atoms with Crippen molar-refractivity contribution in [2.75, 3.05) is 6.54 Å². The van der Waals surface area contributed by atoms with Crippen molar-refractivity contribution >= 4 is 17.8 Å². The van der Waals surface area contributed by atoms with E-state index in [0.29, 0.717) is 31.5 Å². The number of carbonyl (C=O) groups is 3. The number of nitrogens with one attached hydrogen (secondary N) is 2. The number of hydrogen-bond acceptors (Lipinski definition) is 5. The summed E-state index contributed by atoms with van der Waals surface area (Å²) in [4.78, 5) is 45.4. The molecule has 0 aliphatic carbocycles. The van der Waals surface area contributed by atoms with Crippen LogP contribution >= 0.6 is 0 Å². The van der Waals surface area contributed by atoms with Crippen molar-refractivity contribution in [1.29, 1.82) is 0 Å². The maximum atomic E-state index is 13.1. The Balaban J connectivity index is 1.72. The Morgan fingerprint density at radius 1 is 1.28 bits per heavy atom. The zero-order chi connectivity index (χ0) is 20.8. The van der Waals surface area contributed by atoms with Crippen LogP contribution in [0.1, 0.15) is 24.1 Å². The molecule has 0 bridgehead atoms. The molecule has 5 N–H and O–H groups in total. The average Bonchev–Trinajstić information content (AvgIpc) is 3.39. The van der Waals surface area contributed by atoms with Crippen LogP contribution in [0.5, 0.6) is 0 Å². The number of nitrogens with zero attached hydrogens (tertiary/aromatic N) is 2. The van der Waals surface area contributed by atoms with E-state index in [0.717, 1.165) is 5.56 Å². The second-order valence-corrected chi connectivity index (χ2v) is 7.17. The van der Waals surface area contributed by atoms with Gasteiger partial charge in [0.1, 0.15) is 12.1 Å². The van der Waals surface area contributed by atoms with Crippen LogP contribution in [0.15, 0.2) is 42.9 Å². The van der Waals surface area contributed by atoms with E-state index in [4.69, 9.17) is 5.73 Å². The number of amides is 2. The second-order valence-electron chi connectivity index (χ2n) is 7.17.